The summed E-state index contributed by atoms with van der Waals surface area (Å²) in [6.07, 6.45) is 1.43. The van der Waals surface area contributed by atoms with Crippen LogP contribution in [-0.4, -0.2) is 9.55 Å². The fourth-order valence-electron chi connectivity index (χ4n) is 1.26. The SMILES string of the molecule is NCn1cnc2ccc(Cl)cc2c1=O. The van der Waals surface area contributed by atoms with Gasteiger partial charge in [-0.2, -0.15) is 0 Å². The van der Waals surface area contributed by atoms with Crippen molar-refractivity contribution in [3.05, 3.63) is 39.9 Å². The van der Waals surface area contributed by atoms with Gasteiger partial charge in [0.2, 0.25) is 0 Å². The van der Waals surface area contributed by atoms with Crippen molar-refractivity contribution in [1.29, 1.82) is 0 Å². The molecule has 0 saturated carbocycles. The molecule has 0 saturated heterocycles. The van der Waals surface area contributed by atoms with Gasteiger partial charge in [0.05, 0.1) is 23.9 Å². The van der Waals surface area contributed by atoms with Crippen LogP contribution in [-0.2, 0) is 6.67 Å². The smallest absolute Gasteiger partial charge is 0.262 e. The molecule has 1 aromatic heterocycles. The highest BCUT2D eigenvalue weighted by Gasteiger charge is 2.02. The Hall–Kier alpha value is -1.39. The van der Waals surface area contributed by atoms with Crippen LogP contribution in [0.5, 0.6) is 0 Å². The molecule has 0 atom stereocenters. The molecular weight excluding hydrogens is 202 g/mol. The number of halogens is 1. The van der Waals surface area contributed by atoms with Gasteiger partial charge in [-0.05, 0) is 18.2 Å². The minimum Gasteiger partial charge on any atom is -0.313 e. The topological polar surface area (TPSA) is 60.9 Å². The molecule has 0 bridgehead atoms. The average molecular weight is 210 g/mol. The van der Waals surface area contributed by atoms with E-state index >= 15 is 0 Å². The minimum atomic E-state index is -0.167. The monoisotopic (exact) mass is 209 g/mol. The lowest BCUT2D eigenvalue weighted by Gasteiger charge is -2.02. The number of nitrogens with zero attached hydrogens (tertiary/aromatic N) is 2. The molecule has 0 radical (unpaired) electrons. The molecule has 0 amide bonds. The van der Waals surface area contributed by atoms with E-state index in [1.807, 2.05) is 0 Å². The zero-order valence-corrected chi connectivity index (χ0v) is 8.03. The molecule has 0 aliphatic carbocycles. The van der Waals surface area contributed by atoms with Crippen molar-refractivity contribution >= 4 is 22.5 Å². The molecule has 1 aromatic carbocycles. The van der Waals surface area contributed by atoms with E-state index in [1.165, 1.54) is 10.9 Å². The Morgan fingerprint density at radius 2 is 2.29 bits per heavy atom. The van der Waals surface area contributed by atoms with E-state index in [1.54, 1.807) is 18.2 Å². The number of benzene rings is 1. The summed E-state index contributed by atoms with van der Waals surface area (Å²) in [7, 11) is 0. The maximum absolute atomic E-state index is 11.7. The lowest BCUT2D eigenvalue weighted by molar-refractivity contribution is 0.692. The molecule has 0 spiro atoms. The average Bonchev–Trinajstić information content (AvgIpc) is 2.20. The third-order valence-corrected chi connectivity index (χ3v) is 2.22. The van der Waals surface area contributed by atoms with Crippen LogP contribution in [0.3, 0.4) is 0 Å². The lowest BCUT2D eigenvalue weighted by atomic mass is 10.2. The van der Waals surface area contributed by atoms with E-state index < -0.39 is 0 Å². The third kappa shape index (κ3) is 1.38. The van der Waals surface area contributed by atoms with Gasteiger partial charge in [-0.1, -0.05) is 11.6 Å². The zero-order chi connectivity index (χ0) is 10.1. The lowest BCUT2D eigenvalue weighted by Crippen LogP contribution is -2.24. The van der Waals surface area contributed by atoms with Gasteiger partial charge in [0.25, 0.3) is 5.56 Å². The highest BCUT2D eigenvalue weighted by molar-refractivity contribution is 6.31. The van der Waals surface area contributed by atoms with Gasteiger partial charge in [-0.3, -0.25) is 9.36 Å². The summed E-state index contributed by atoms with van der Waals surface area (Å²) in [6, 6.07) is 5.00. The molecular formula is C9H8ClN3O. The van der Waals surface area contributed by atoms with Crippen LogP contribution in [0.25, 0.3) is 10.9 Å². The van der Waals surface area contributed by atoms with Crippen molar-refractivity contribution < 1.29 is 0 Å². The van der Waals surface area contributed by atoms with E-state index in [9.17, 15) is 4.79 Å². The molecule has 2 N–H and O–H groups in total. The molecule has 0 aliphatic heterocycles. The molecule has 4 nitrogen and oxygen atoms in total. The van der Waals surface area contributed by atoms with E-state index in [2.05, 4.69) is 4.98 Å². The Balaban J connectivity index is 2.87. The largest absolute Gasteiger partial charge is 0.313 e. The Labute approximate surface area is 84.9 Å². The van der Waals surface area contributed by atoms with Crippen LogP contribution in [0.1, 0.15) is 0 Å². The predicted molar refractivity (Wildman–Crippen MR) is 55.2 cm³/mol. The van der Waals surface area contributed by atoms with Gasteiger partial charge in [0, 0.05) is 5.02 Å². The Bertz CT molecular complexity index is 535. The molecule has 5 heteroatoms. The van der Waals surface area contributed by atoms with Crippen LogP contribution in [0.2, 0.25) is 5.02 Å². The fourth-order valence-corrected chi connectivity index (χ4v) is 1.43. The van der Waals surface area contributed by atoms with Gasteiger partial charge < -0.3 is 5.73 Å². The highest BCUT2D eigenvalue weighted by Crippen LogP contribution is 2.13. The molecule has 0 unspecified atom stereocenters. The molecule has 0 aliphatic rings. The quantitative estimate of drug-likeness (QED) is 0.761. The zero-order valence-electron chi connectivity index (χ0n) is 7.27. The number of nitrogens with two attached hydrogens (primary N) is 1. The molecule has 1 heterocycles. The highest BCUT2D eigenvalue weighted by atomic mass is 35.5. The fraction of sp³-hybridized carbons (Fsp3) is 0.111. The number of hydrogen-bond donors (Lipinski definition) is 1. The van der Waals surface area contributed by atoms with Crippen molar-refractivity contribution in [2.75, 3.05) is 0 Å². The second kappa shape index (κ2) is 3.40. The van der Waals surface area contributed by atoms with Gasteiger partial charge >= 0.3 is 0 Å². The van der Waals surface area contributed by atoms with Gasteiger partial charge in [0.15, 0.2) is 0 Å². The standard InChI is InChI=1S/C9H8ClN3O/c10-6-1-2-8-7(3-6)9(14)13(4-11)5-12-8/h1-3,5H,4,11H2. The van der Waals surface area contributed by atoms with E-state index in [0.717, 1.165) is 0 Å². The van der Waals surface area contributed by atoms with Crippen molar-refractivity contribution in [3.63, 3.8) is 0 Å². The maximum Gasteiger partial charge on any atom is 0.262 e. The van der Waals surface area contributed by atoms with Crippen LogP contribution in [0.4, 0.5) is 0 Å². The van der Waals surface area contributed by atoms with Crippen molar-refractivity contribution in [1.82, 2.24) is 9.55 Å². The number of fused-ring (bicyclic) bond motifs is 1. The minimum absolute atomic E-state index is 0.119. The normalized spacial score (nSPS) is 10.7. The summed E-state index contributed by atoms with van der Waals surface area (Å²) in [5.74, 6) is 0. The predicted octanol–water partition coefficient (Wildman–Crippen LogP) is 0.966. The molecule has 2 aromatic rings. The first-order valence-corrected chi connectivity index (χ1v) is 4.45. The molecule has 2 rings (SSSR count). The van der Waals surface area contributed by atoms with Crippen molar-refractivity contribution in [3.8, 4) is 0 Å². The Morgan fingerprint density at radius 1 is 1.50 bits per heavy atom. The van der Waals surface area contributed by atoms with Gasteiger partial charge in [-0.15, -0.1) is 0 Å². The second-order valence-electron chi connectivity index (χ2n) is 2.86. The molecule has 14 heavy (non-hydrogen) atoms. The summed E-state index contributed by atoms with van der Waals surface area (Å²) in [5, 5.41) is 1.01. The summed E-state index contributed by atoms with van der Waals surface area (Å²) >= 11 is 5.78. The first kappa shape index (κ1) is 9.18. The summed E-state index contributed by atoms with van der Waals surface area (Å²) in [5.41, 5.74) is 5.83. The molecule has 0 fully saturated rings. The van der Waals surface area contributed by atoms with Gasteiger partial charge in [-0.25, -0.2) is 4.98 Å². The van der Waals surface area contributed by atoms with E-state index in [4.69, 9.17) is 17.3 Å². The summed E-state index contributed by atoms with van der Waals surface area (Å²) in [4.78, 5) is 15.8. The molecule has 72 valence electrons. The van der Waals surface area contributed by atoms with E-state index in [0.29, 0.717) is 15.9 Å². The number of hydrogen-bond acceptors (Lipinski definition) is 3. The van der Waals surface area contributed by atoms with Crippen LogP contribution < -0.4 is 11.3 Å². The Kier molecular flexibility index (Phi) is 2.23. The second-order valence-corrected chi connectivity index (χ2v) is 3.30. The number of rotatable bonds is 1. The van der Waals surface area contributed by atoms with Crippen LogP contribution in [0, 0.1) is 0 Å². The first-order chi connectivity index (χ1) is 6.72. The van der Waals surface area contributed by atoms with Gasteiger partial charge in [0.1, 0.15) is 0 Å². The summed E-state index contributed by atoms with van der Waals surface area (Å²) < 4.78 is 1.33. The van der Waals surface area contributed by atoms with E-state index in [-0.39, 0.29) is 12.2 Å². The van der Waals surface area contributed by atoms with Crippen LogP contribution in [0.15, 0.2) is 29.3 Å². The Morgan fingerprint density at radius 3 is 3.00 bits per heavy atom. The number of aromatic nitrogens is 2. The first-order valence-electron chi connectivity index (χ1n) is 4.07. The third-order valence-electron chi connectivity index (χ3n) is 1.98. The summed E-state index contributed by atoms with van der Waals surface area (Å²) in [6.45, 7) is 0.119. The van der Waals surface area contributed by atoms with Crippen molar-refractivity contribution in [2.45, 2.75) is 6.67 Å². The van der Waals surface area contributed by atoms with Crippen molar-refractivity contribution in [2.24, 2.45) is 5.73 Å². The maximum atomic E-state index is 11.7. The van der Waals surface area contributed by atoms with Crippen LogP contribution >= 0.6 is 11.6 Å².